The first-order valence-electron chi connectivity index (χ1n) is 4.34. The van der Waals surface area contributed by atoms with Gasteiger partial charge in [0, 0.05) is 15.6 Å². The second kappa shape index (κ2) is 4.09. The summed E-state index contributed by atoms with van der Waals surface area (Å²) in [5.74, 6) is 0.476. The van der Waals surface area contributed by atoms with E-state index in [9.17, 15) is 0 Å². The molecule has 4 heteroatoms. The fraction of sp³-hybridized carbons (Fsp3) is 0. The molecular formula is C11H8Cl2N2. The van der Waals surface area contributed by atoms with E-state index in [0.717, 1.165) is 11.3 Å². The van der Waals surface area contributed by atoms with Gasteiger partial charge in [-0.05, 0) is 30.3 Å². The zero-order chi connectivity index (χ0) is 10.8. The Labute approximate surface area is 97.7 Å². The molecule has 1 aromatic carbocycles. The molecule has 2 rings (SSSR count). The van der Waals surface area contributed by atoms with Gasteiger partial charge in [-0.2, -0.15) is 0 Å². The van der Waals surface area contributed by atoms with E-state index >= 15 is 0 Å². The number of halogens is 2. The highest BCUT2D eigenvalue weighted by atomic mass is 35.5. The van der Waals surface area contributed by atoms with Crippen molar-refractivity contribution in [3.05, 3.63) is 46.4 Å². The monoisotopic (exact) mass is 238 g/mol. The number of hydrogen-bond acceptors (Lipinski definition) is 2. The third-order valence-electron chi connectivity index (χ3n) is 1.93. The van der Waals surface area contributed by atoms with Crippen LogP contribution < -0.4 is 5.73 Å². The third kappa shape index (κ3) is 2.41. The highest BCUT2D eigenvalue weighted by Gasteiger charge is 2.02. The smallest absolute Gasteiger partial charge is 0.124 e. The van der Waals surface area contributed by atoms with E-state index in [2.05, 4.69) is 4.98 Å². The summed E-state index contributed by atoms with van der Waals surface area (Å²) in [4.78, 5) is 4.19. The third-order valence-corrected chi connectivity index (χ3v) is 2.37. The molecule has 1 heterocycles. The molecule has 0 atom stereocenters. The van der Waals surface area contributed by atoms with Crippen LogP contribution in [0.1, 0.15) is 0 Å². The largest absolute Gasteiger partial charge is 0.384 e. The predicted octanol–water partition coefficient (Wildman–Crippen LogP) is 3.64. The van der Waals surface area contributed by atoms with Crippen molar-refractivity contribution in [2.75, 3.05) is 5.73 Å². The molecule has 0 unspecified atom stereocenters. The van der Waals surface area contributed by atoms with Crippen LogP contribution in [-0.2, 0) is 0 Å². The van der Waals surface area contributed by atoms with Crippen molar-refractivity contribution >= 4 is 29.0 Å². The molecule has 1 aromatic heterocycles. The van der Waals surface area contributed by atoms with E-state index in [1.54, 1.807) is 24.3 Å². The van der Waals surface area contributed by atoms with Crippen LogP contribution in [0.2, 0.25) is 10.0 Å². The fourth-order valence-electron chi connectivity index (χ4n) is 1.31. The number of nitrogen functional groups attached to an aromatic ring is 1. The van der Waals surface area contributed by atoms with Crippen LogP contribution in [0.3, 0.4) is 0 Å². The van der Waals surface area contributed by atoms with Gasteiger partial charge in [-0.15, -0.1) is 0 Å². The van der Waals surface area contributed by atoms with Gasteiger partial charge in [-0.25, -0.2) is 4.98 Å². The molecule has 0 spiro atoms. The maximum atomic E-state index is 5.90. The van der Waals surface area contributed by atoms with Crippen LogP contribution in [0, 0.1) is 0 Å². The number of rotatable bonds is 1. The van der Waals surface area contributed by atoms with Crippen LogP contribution in [0.5, 0.6) is 0 Å². The molecule has 0 saturated heterocycles. The summed E-state index contributed by atoms with van der Waals surface area (Å²) in [6.07, 6.45) is 0. The van der Waals surface area contributed by atoms with Gasteiger partial charge in [0.05, 0.1) is 5.69 Å². The van der Waals surface area contributed by atoms with Gasteiger partial charge in [0.1, 0.15) is 5.82 Å². The minimum absolute atomic E-state index is 0.476. The predicted molar refractivity (Wildman–Crippen MR) is 64.1 cm³/mol. The summed E-state index contributed by atoms with van der Waals surface area (Å²) in [5.41, 5.74) is 7.22. The van der Waals surface area contributed by atoms with Gasteiger partial charge in [0.15, 0.2) is 0 Å². The SMILES string of the molecule is Nc1cccc(-c2cc(Cl)cc(Cl)c2)n1. The molecule has 2 nitrogen and oxygen atoms in total. The van der Waals surface area contributed by atoms with Crippen LogP contribution >= 0.6 is 23.2 Å². The minimum atomic E-state index is 0.476. The lowest BCUT2D eigenvalue weighted by Crippen LogP contribution is -1.91. The standard InChI is InChI=1S/C11H8Cl2N2/c12-8-4-7(5-9(13)6-8)10-2-1-3-11(14)15-10/h1-6H,(H2,14,15). The van der Waals surface area contributed by atoms with Crippen LogP contribution in [0.25, 0.3) is 11.3 Å². The molecule has 0 saturated carbocycles. The van der Waals surface area contributed by atoms with Crippen LogP contribution in [0.15, 0.2) is 36.4 Å². The highest BCUT2D eigenvalue weighted by molar-refractivity contribution is 6.35. The van der Waals surface area contributed by atoms with Crippen molar-refractivity contribution in [3.8, 4) is 11.3 Å². The van der Waals surface area contributed by atoms with E-state index in [1.807, 2.05) is 12.1 Å². The fourth-order valence-corrected chi connectivity index (χ4v) is 1.84. The molecule has 0 radical (unpaired) electrons. The Hall–Kier alpha value is -1.25. The second-order valence-electron chi connectivity index (χ2n) is 3.11. The molecule has 0 fully saturated rings. The zero-order valence-electron chi connectivity index (χ0n) is 7.74. The van der Waals surface area contributed by atoms with E-state index in [4.69, 9.17) is 28.9 Å². The number of pyridine rings is 1. The number of nitrogens with two attached hydrogens (primary N) is 1. The first-order valence-corrected chi connectivity index (χ1v) is 5.10. The van der Waals surface area contributed by atoms with Crippen LogP contribution in [0.4, 0.5) is 5.82 Å². The maximum Gasteiger partial charge on any atom is 0.124 e. The van der Waals surface area contributed by atoms with Gasteiger partial charge in [-0.1, -0.05) is 29.3 Å². The van der Waals surface area contributed by atoms with Gasteiger partial charge in [0.2, 0.25) is 0 Å². The van der Waals surface area contributed by atoms with Crippen molar-refractivity contribution in [3.63, 3.8) is 0 Å². The van der Waals surface area contributed by atoms with Gasteiger partial charge < -0.3 is 5.73 Å². The van der Waals surface area contributed by atoms with Crippen molar-refractivity contribution in [1.82, 2.24) is 4.98 Å². The summed E-state index contributed by atoms with van der Waals surface area (Å²) < 4.78 is 0. The average molecular weight is 239 g/mol. The molecule has 0 bridgehead atoms. The molecule has 0 aliphatic carbocycles. The van der Waals surface area contributed by atoms with Gasteiger partial charge >= 0.3 is 0 Å². The minimum Gasteiger partial charge on any atom is -0.384 e. The lowest BCUT2D eigenvalue weighted by atomic mass is 10.1. The lowest BCUT2D eigenvalue weighted by Gasteiger charge is -2.03. The average Bonchev–Trinajstić information content (AvgIpc) is 2.16. The van der Waals surface area contributed by atoms with E-state index in [0.29, 0.717) is 15.9 Å². The molecule has 2 aromatic rings. The summed E-state index contributed by atoms with van der Waals surface area (Å²) in [7, 11) is 0. The maximum absolute atomic E-state index is 5.90. The molecule has 76 valence electrons. The quantitative estimate of drug-likeness (QED) is 0.825. The number of anilines is 1. The summed E-state index contributed by atoms with van der Waals surface area (Å²) >= 11 is 11.8. The first kappa shape index (κ1) is 10.3. The molecular weight excluding hydrogens is 231 g/mol. The number of aromatic nitrogens is 1. The molecule has 15 heavy (non-hydrogen) atoms. The van der Waals surface area contributed by atoms with Crippen molar-refractivity contribution < 1.29 is 0 Å². The van der Waals surface area contributed by atoms with E-state index in [1.165, 1.54) is 0 Å². The summed E-state index contributed by atoms with van der Waals surface area (Å²) in [6.45, 7) is 0. The lowest BCUT2D eigenvalue weighted by molar-refractivity contribution is 1.33. The topological polar surface area (TPSA) is 38.9 Å². The van der Waals surface area contributed by atoms with Crippen molar-refractivity contribution in [2.24, 2.45) is 0 Å². The second-order valence-corrected chi connectivity index (χ2v) is 3.98. The zero-order valence-corrected chi connectivity index (χ0v) is 9.26. The van der Waals surface area contributed by atoms with Crippen molar-refractivity contribution in [2.45, 2.75) is 0 Å². The Balaban J connectivity index is 2.54. The Morgan fingerprint density at radius 2 is 1.67 bits per heavy atom. The Bertz CT molecular complexity index is 477. The Morgan fingerprint density at radius 1 is 1.00 bits per heavy atom. The molecule has 2 N–H and O–H groups in total. The highest BCUT2D eigenvalue weighted by Crippen LogP contribution is 2.26. The number of hydrogen-bond donors (Lipinski definition) is 1. The molecule has 0 amide bonds. The number of nitrogens with zero attached hydrogens (tertiary/aromatic N) is 1. The normalized spacial score (nSPS) is 10.3. The van der Waals surface area contributed by atoms with Gasteiger partial charge in [-0.3, -0.25) is 0 Å². The van der Waals surface area contributed by atoms with Crippen LogP contribution in [-0.4, -0.2) is 4.98 Å². The Kier molecular flexibility index (Phi) is 2.80. The summed E-state index contributed by atoms with van der Waals surface area (Å²) in [5, 5.41) is 1.17. The molecule has 0 aliphatic heterocycles. The van der Waals surface area contributed by atoms with E-state index in [-0.39, 0.29) is 0 Å². The first-order chi connectivity index (χ1) is 7.15. The number of benzene rings is 1. The molecule has 0 aliphatic rings. The summed E-state index contributed by atoms with van der Waals surface area (Å²) in [6, 6.07) is 10.7. The Morgan fingerprint density at radius 3 is 2.27 bits per heavy atom. The van der Waals surface area contributed by atoms with E-state index < -0.39 is 0 Å². The van der Waals surface area contributed by atoms with Crippen molar-refractivity contribution in [1.29, 1.82) is 0 Å². The van der Waals surface area contributed by atoms with Gasteiger partial charge in [0.25, 0.3) is 0 Å².